The Morgan fingerprint density at radius 2 is 1.72 bits per heavy atom. The molecular weight excluding hydrogens is 393 g/mol. The van der Waals surface area contributed by atoms with Crippen LogP contribution in [0.1, 0.15) is 22.0 Å². The highest BCUT2D eigenvalue weighted by atomic mass is 32.1. The summed E-state index contributed by atoms with van der Waals surface area (Å²) in [6, 6.07) is 14.0. The van der Waals surface area contributed by atoms with Crippen molar-refractivity contribution in [3.8, 4) is 5.75 Å². The van der Waals surface area contributed by atoms with Gasteiger partial charge in [-0.3, -0.25) is 9.59 Å². The summed E-state index contributed by atoms with van der Waals surface area (Å²) in [4.78, 5) is 27.9. The second-order valence-corrected chi connectivity index (χ2v) is 7.64. The Hall–Kier alpha value is -3.45. The molecule has 0 saturated carbocycles. The molecule has 0 spiro atoms. The van der Waals surface area contributed by atoms with E-state index in [9.17, 15) is 24.2 Å². The Balaban J connectivity index is 1.86. The molecule has 2 aromatic carbocycles. The number of hydrogen-bond donors (Lipinski definition) is 2. The topological polar surface area (TPSA) is 77.8 Å². The van der Waals surface area contributed by atoms with Crippen LogP contribution < -0.4 is 0 Å². The first-order valence-corrected chi connectivity index (χ1v) is 9.69. The SMILES string of the molecule is O=C1C(=O)N(Cc2cccs2)C(c2ccc(O)cc2)/C1=C(/O)c1ccc(F)cc1. The van der Waals surface area contributed by atoms with Gasteiger partial charge >= 0.3 is 0 Å². The number of aliphatic hydroxyl groups is 1. The monoisotopic (exact) mass is 409 g/mol. The van der Waals surface area contributed by atoms with E-state index >= 15 is 0 Å². The number of phenols is 1. The molecule has 1 saturated heterocycles. The number of Topliss-reactive ketones (excluding diaryl/α,β-unsaturated/α-hetero) is 1. The molecule has 29 heavy (non-hydrogen) atoms. The number of carbonyl (C=O) groups excluding carboxylic acids is 2. The normalized spacial score (nSPS) is 18.4. The molecule has 7 heteroatoms. The molecule has 1 unspecified atom stereocenters. The summed E-state index contributed by atoms with van der Waals surface area (Å²) in [6.45, 7) is 0.202. The summed E-state index contributed by atoms with van der Waals surface area (Å²) in [5.41, 5.74) is 0.746. The van der Waals surface area contributed by atoms with E-state index in [1.807, 2.05) is 17.5 Å². The van der Waals surface area contributed by atoms with Crippen LogP contribution >= 0.6 is 11.3 Å². The van der Waals surface area contributed by atoms with Crippen LogP contribution in [-0.4, -0.2) is 26.8 Å². The zero-order valence-electron chi connectivity index (χ0n) is 15.1. The zero-order valence-corrected chi connectivity index (χ0v) is 15.9. The summed E-state index contributed by atoms with van der Waals surface area (Å²) in [6.07, 6.45) is 0. The highest BCUT2D eigenvalue weighted by Gasteiger charge is 2.46. The van der Waals surface area contributed by atoms with E-state index < -0.39 is 23.5 Å². The van der Waals surface area contributed by atoms with Crippen molar-refractivity contribution in [3.05, 3.63) is 93.4 Å². The number of likely N-dealkylation sites (tertiary alicyclic amines) is 1. The van der Waals surface area contributed by atoms with Crippen LogP contribution in [0.15, 0.2) is 71.6 Å². The fourth-order valence-corrected chi connectivity index (χ4v) is 4.08. The third-order valence-electron chi connectivity index (χ3n) is 4.77. The first-order chi connectivity index (χ1) is 14.0. The molecule has 1 amide bonds. The lowest BCUT2D eigenvalue weighted by Crippen LogP contribution is -2.28. The number of halogens is 1. The van der Waals surface area contributed by atoms with Crippen molar-refractivity contribution in [2.24, 2.45) is 0 Å². The number of nitrogens with zero attached hydrogens (tertiary/aromatic N) is 1. The van der Waals surface area contributed by atoms with Gasteiger partial charge in [0.1, 0.15) is 17.3 Å². The molecule has 146 valence electrons. The third kappa shape index (κ3) is 3.52. The van der Waals surface area contributed by atoms with Gasteiger partial charge in [0.25, 0.3) is 11.7 Å². The fraction of sp³-hybridized carbons (Fsp3) is 0.0909. The van der Waals surface area contributed by atoms with E-state index in [0.717, 1.165) is 4.88 Å². The smallest absolute Gasteiger partial charge is 0.295 e. The number of rotatable bonds is 4. The maximum atomic E-state index is 13.3. The molecule has 0 radical (unpaired) electrons. The maximum absolute atomic E-state index is 13.3. The number of ketones is 1. The molecule has 2 heterocycles. The first kappa shape index (κ1) is 18.9. The van der Waals surface area contributed by atoms with E-state index in [4.69, 9.17) is 0 Å². The Morgan fingerprint density at radius 1 is 1.03 bits per heavy atom. The lowest BCUT2D eigenvalue weighted by Gasteiger charge is -2.25. The summed E-state index contributed by atoms with van der Waals surface area (Å²) in [7, 11) is 0. The second kappa shape index (κ2) is 7.52. The van der Waals surface area contributed by atoms with Crippen LogP contribution in [0.2, 0.25) is 0 Å². The Kier molecular flexibility index (Phi) is 4.90. The van der Waals surface area contributed by atoms with Gasteiger partial charge in [-0.1, -0.05) is 18.2 Å². The fourth-order valence-electron chi connectivity index (χ4n) is 3.38. The minimum absolute atomic E-state index is 0.0440. The van der Waals surface area contributed by atoms with Crippen LogP contribution in [0.5, 0.6) is 5.75 Å². The van der Waals surface area contributed by atoms with Crippen molar-refractivity contribution < 1.29 is 24.2 Å². The molecule has 1 aliphatic heterocycles. The number of aliphatic hydroxyl groups excluding tert-OH is 1. The molecule has 1 aliphatic rings. The minimum atomic E-state index is -0.831. The quantitative estimate of drug-likeness (QED) is 0.384. The highest BCUT2D eigenvalue weighted by Crippen LogP contribution is 2.40. The first-order valence-electron chi connectivity index (χ1n) is 8.81. The number of carbonyl (C=O) groups is 2. The predicted molar refractivity (Wildman–Crippen MR) is 107 cm³/mol. The molecule has 1 atom stereocenters. The van der Waals surface area contributed by atoms with Gasteiger partial charge in [-0.25, -0.2) is 4.39 Å². The average Bonchev–Trinajstić information content (AvgIpc) is 3.31. The third-order valence-corrected chi connectivity index (χ3v) is 5.63. The largest absolute Gasteiger partial charge is 0.508 e. The molecule has 1 aromatic heterocycles. The summed E-state index contributed by atoms with van der Waals surface area (Å²) in [5, 5.41) is 22.3. The molecule has 0 bridgehead atoms. The number of phenolic OH excluding ortho intramolecular Hbond substituents is 1. The maximum Gasteiger partial charge on any atom is 0.295 e. The van der Waals surface area contributed by atoms with Crippen molar-refractivity contribution in [2.45, 2.75) is 12.6 Å². The minimum Gasteiger partial charge on any atom is -0.508 e. The summed E-state index contributed by atoms with van der Waals surface area (Å²) < 4.78 is 13.3. The van der Waals surface area contributed by atoms with Crippen LogP contribution in [0.3, 0.4) is 0 Å². The number of hydrogen-bond acceptors (Lipinski definition) is 5. The molecule has 5 nitrogen and oxygen atoms in total. The van der Waals surface area contributed by atoms with Crippen LogP contribution in [0, 0.1) is 5.82 Å². The van der Waals surface area contributed by atoms with E-state index in [0.29, 0.717) is 5.56 Å². The molecule has 2 N–H and O–H groups in total. The number of aromatic hydroxyl groups is 1. The van der Waals surface area contributed by atoms with Gasteiger partial charge in [0.05, 0.1) is 18.2 Å². The van der Waals surface area contributed by atoms with Crippen molar-refractivity contribution in [1.82, 2.24) is 4.90 Å². The van der Waals surface area contributed by atoms with Gasteiger partial charge in [-0.05, 0) is 53.4 Å². The van der Waals surface area contributed by atoms with Crippen LogP contribution in [0.25, 0.3) is 5.76 Å². The van der Waals surface area contributed by atoms with E-state index in [1.54, 1.807) is 12.1 Å². The lowest BCUT2D eigenvalue weighted by atomic mass is 9.95. The van der Waals surface area contributed by atoms with Gasteiger partial charge in [0.15, 0.2) is 0 Å². The molecule has 1 fully saturated rings. The van der Waals surface area contributed by atoms with E-state index in [1.165, 1.54) is 52.6 Å². The van der Waals surface area contributed by atoms with Crippen molar-refractivity contribution in [3.63, 3.8) is 0 Å². The van der Waals surface area contributed by atoms with Gasteiger partial charge in [0.2, 0.25) is 0 Å². The van der Waals surface area contributed by atoms with E-state index in [-0.39, 0.29) is 29.2 Å². The number of benzene rings is 2. The molecular formula is C22H16FNO4S. The zero-order chi connectivity index (χ0) is 20.5. The van der Waals surface area contributed by atoms with Gasteiger partial charge in [-0.2, -0.15) is 0 Å². The van der Waals surface area contributed by atoms with Gasteiger partial charge in [-0.15, -0.1) is 11.3 Å². The second-order valence-electron chi connectivity index (χ2n) is 6.60. The highest BCUT2D eigenvalue weighted by molar-refractivity contribution is 7.09. The standard InChI is InChI=1S/C22H16FNO4S/c23-15-7-3-14(4-8-15)20(26)18-19(13-5-9-16(25)10-6-13)24(22(28)21(18)27)12-17-2-1-11-29-17/h1-11,19,25-26H,12H2/b20-18-. The van der Waals surface area contributed by atoms with Gasteiger partial charge < -0.3 is 15.1 Å². The Labute approximate surface area is 170 Å². The molecule has 3 aromatic rings. The average molecular weight is 409 g/mol. The molecule has 0 aliphatic carbocycles. The van der Waals surface area contributed by atoms with Crippen LogP contribution in [-0.2, 0) is 16.1 Å². The Morgan fingerprint density at radius 3 is 2.34 bits per heavy atom. The molecule has 4 rings (SSSR count). The van der Waals surface area contributed by atoms with Crippen LogP contribution in [0.4, 0.5) is 4.39 Å². The summed E-state index contributed by atoms with van der Waals surface area (Å²) in [5.74, 6) is -2.33. The van der Waals surface area contributed by atoms with Crippen molar-refractivity contribution >= 4 is 28.8 Å². The lowest BCUT2D eigenvalue weighted by molar-refractivity contribution is -0.140. The Bertz CT molecular complexity index is 1090. The van der Waals surface area contributed by atoms with E-state index in [2.05, 4.69) is 0 Å². The predicted octanol–water partition coefficient (Wildman–Crippen LogP) is 4.21. The number of amides is 1. The number of thiophene rings is 1. The summed E-state index contributed by atoms with van der Waals surface area (Å²) >= 11 is 1.45. The van der Waals surface area contributed by atoms with Crippen molar-refractivity contribution in [1.29, 1.82) is 0 Å². The van der Waals surface area contributed by atoms with Gasteiger partial charge in [0, 0.05) is 10.4 Å². The van der Waals surface area contributed by atoms with Crippen molar-refractivity contribution in [2.75, 3.05) is 0 Å².